The van der Waals surface area contributed by atoms with Gasteiger partial charge >= 0.3 is 0 Å². The molecule has 0 aromatic carbocycles. The highest BCUT2D eigenvalue weighted by atomic mass is 16.3. The minimum absolute atomic E-state index is 0.272. The summed E-state index contributed by atoms with van der Waals surface area (Å²) in [7, 11) is 0. The van der Waals surface area contributed by atoms with E-state index in [0.29, 0.717) is 18.4 Å². The van der Waals surface area contributed by atoms with Gasteiger partial charge in [-0.2, -0.15) is 0 Å². The molecule has 1 heterocycles. The van der Waals surface area contributed by atoms with Crippen LogP contribution < -0.4 is 0 Å². The van der Waals surface area contributed by atoms with Crippen molar-refractivity contribution in [1.29, 1.82) is 0 Å². The Morgan fingerprint density at radius 1 is 1.11 bits per heavy atom. The van der Waals surface area contributed by atoms with Gasteiger partial charge in [-0.15, -0.1) is 0 Å². The quantitative estimate of drug-likeness (QED) is 0.839. The fourth-order valence-electron chi connectivity index (χ4n) is 3.37. The standard InChI is InChI=1S/C15H27NO2/c1-12-6-9-16(10-7-12)15(18)14-4-2-13(3-5-14)8-11-17/h12-14,17H,2-11H2,1H3. The first-order chi connectivity index (χ1) is 8.70. The Kier molecular flexibility index (Phi) is 5.04. The Hall–Kier alpha value is -0.570. The van der Waals surface area contributed by atoms with Crippen molar-refractivity contribution in [3.63, 3.8) is 0 Å². The molecule has 1 saturated carbocycles. The molecular formula is C15H27NO2. The number of hydrogen-bond acceptors (Lipinski definition) is 2. The van der Waals surface area contributed by atoms with Gasteiger partial charge in [0.1, 0.15) is 0 Å². The predicted octanol–water partition coefficient (Wildman–Crippen LogP) is 2.43. The molecule has 0 aromatic rings. The van der Waals surface area contributed by atoms with Crippen LogP contribution in [0.15, 0.2) is 0 Å². The van der Waals surface area contributed by atoms with Crippen molar-refractivity contribution < 1.29 is 9.90 Å². The van der Waals surface area contributed by atoms with E-state index in [1.807, 2.05) is 0 Å². The highest BCUT2D eigenvalue weighted by Gasteiger charge is 2.30. The average molecular weight is 253 g/mol. The molecule has 0 atom stereocenters. The fraction of sp³-hybridized carbons (Fsp3) is 0.933. The topological polar surface area (TPSA) is 40.5 Å². The van der Waals surface area contributed by atoms with Crippen molar-refractivity contribution in [3.8, 4) is 0 Å². The summed E-state index contributed by atoms with van der Waals surface area (Å²) in [4.78, 5) is 14.5. The molecule has 104 valence electrons. The van der Waals surface area contributed by atoms with E-state index in [2.05, 4.69) is 11.8 Å². The van der Waals surface area contributed by atoms with Crippen molar-refractivity contribution in [3.05, 3.63) is 0 Å². The smallest absolute Gasteiger partial charge is 0.225 e. The first kappa shape index (κ1) is 13.9. The van der Waals surface area contributed by atoms with Gasteiger partial charge in [-0.3, -0.25) is 4.79 Å². The lowest BCUT2D eigenvalue weighted by molar-refractivity contribution is -0.138. The number of amides is 1. The Morgan fingerprint density at radius 3 is 2.28 bits per heavy atom. The Bertz CT molecular complexity index is 264. The third-order valence-corrected chi connectivity index (χ3v) is 4.83. The van der Waals surface area contributed by atoms with Crippen LogP contribution >= 0.6 is 0 Å². The van der Waals surface area contributed by atoms with Gasteiger partial charge in [0.15, 0.2) is 0 Å². The van der Waals surface area contributed by atoms with Gasteiger partial charge < -0.3 is 10.0 Å². The Balaban J connectivity index is 1.77. The van der Waals surface area contributed by atoms with Crippen molar-refractivity contribution in [2.45, 2.75) is 51.9 Å². The van der Waals surface area contributed by atoms with Gasteiger partial charge in [-0.25, -0.2) is 0 Å². The van der Waals surface area contributed by atoms with E-state index in [1.54, 1.807) is 0 Å². The van der Waals surface area contributed by atoms with Gasteiger partial charge in [0, 0.05) is 25.6 Å². The van der Waals surface area contributed by atoms with Gasteiger partial charge in [0.25, 0.3) is 0 Å². The van der Waals surface area contributed by atoms with Crippen LogP contribution in [0.1, 0.15) is 51.9 Å². The zero-order chi connectivity index (χ0) is 13.0. The zero-order valence-corrected chi connectivity index (χ0v) is 11.6. The molecule has 1 saturated heterocycles. The summed E-state index contributed by atoms with van der Waals surface area (Å²) < 4.78 is 0. The maximum Gasteiger partial charge on any atom is 0.225 e. The number of aliphatic hydroxyl groups excluding tert-OH is 1. The zero-order valence-electron chi connectivity index (χ0n) is 11.6. The molecular weight excluding hydrogens is 226 g/mol. The summed E-state index contributed by atoms with van der Waals surface area (Å²) in [5.74, 6) is 2.12. The minimum atomic E-state index is 0.272. The lowest BCUT2D eigenvalue weighted by atomic mass is 9.80. The number of likely N-dealkylation sites (tertiary alicyclic amines) is 1. The number of nitrogens with zero attached hydrogens (tertiary/aromatic N) is 1. The van der Waals surface area contributed by atoms with E-state index in [9.17, 15) is 4.79 Å². The molecule has 1 aliphatic carbocycles. The van der Waals surface area contributed by atoms with E-state index in [1.165, 1.54) is 12.8 Å². The van der Waals surface area contributed by atoms with Crippen molar-refractivity contribution in [2.24, 2.45) is 17.8 Å². The number of carbonyl (C=O) groups is 1. The number of piperidine rings is 1. The van der Waals surface area contributed by atoms with Gasteiger partial charge in [-0.05, 0) is 56.8 Å². The predicted molar refractivity (Wildman–Crippen MR) is 72.1 cm³/mol. The molecule has 1 aliphatic heterocycles. The monoisotopic (exact) mass is 253 g/mol. The van der Waals surface area contributed by atoms with Crippen LogP contribution in [0, 0.1) is 17.8 Å². The Morgan fingerprint density at radius 2 is 1.72 bits per heavy atom. The van der Waals surface area contributed by atoms with Crippen LogP contribution in [0.3, 0.4) is 0 Å². The highest BCUT2D eigenvalue weighted by Crippen LogP contribution is 2.32. The molecule has 0 spiro atoms. The molecule has 2 rings (SSSR count). The molecule has 18 heavy (non-hydrogen) atoms. The summed E-state index contributed by atoms with van der Waals surface area (Å²) in [6.45, 7) is 4.52. The SMILES string of the molecule is CC1CCN(C(=O)C2CCC(CCO)CC2)CC1. The molecule has 2 aliphatic rings. The molecule has 2 fully saturated rings. The second kappa shape index (κ2) is 6.55. The normalized spacial score (nSPS) is 30.4. The number of hydrogen-bond donors (Lipinski definition) is 1. The molecule has 0 radical (unpaired) electrons. The first-order valence-corrected chi connectivity index (χ1v) is 7.60. The van der Waals surface area contributed by atoms with Crippen molar-refractivity contribution in [1.82, 2.24) is 4.90 Å². The molecule has 3 nitrogen and oxygen atoms in total. The van der Waals surface area contributed by atoms with Crippen molar-refractivity contribution in [2.75, 3.05) is 19.7 Å². The van der Waals surface area contributed by atoms with E-state index >= 15 is 0 Å². The van der Waals surface area contributed by atoms with Crippen LogP contribution in [0.5, 0.6) is 0 Å². The Labute approximate surface area is 111 Å². The van der Waals surface area contributed by atoms with Crippen LogP contribution in [0.2, 0.25) is 0 Å². The molecule has 0 bridgehead atoms. The maximum absolute atomic E-state index is 12.4. The lowest BCUT2D eigenvalue weighted by Crippen LogP contribution is -2.42. The molecule has 0 aromatic heterocycles. The van der Waals surface area contributed by atoms with Gasteiger partial charge in [-0.1, -0.05) is 6.92 Å². The average Bonchev–Trinajstić information content (AvgIpc) is 2.40. The largest absolute Gasteiger partial charge is 0.396 e. The molecule has 1 N–H and O–H groups in total. The third kappa shape index (κ3) is 3.47. The molecule has 1 amide bonds. The second-order valence-electron chi connectivity index (χ2n) is 6.24. The van der Waals surface area contributed by atoms with E-state index in [4.69, 9.17) is 5.11 Å². The minimum Gasteiger partial charge on any atom is -0.396 e. The van der Waals surface area contributed by atoms with Crippen LogP contribution in [0.4, 0.5) is 0 Å². The fourth-order valence-corrected chi connectivity index (χ4v) is 3.37. The van der Waals surface area contributed by atoms with Crippen LogP contribution in [0.25, 0.3) is 0 Å². The van der Waals surface area contributed by atoms with Gasteiger partial charge in [0.2, 0.25) is 5.91 Å². The number of rotatable bonds is 3. The third-order valence-electron chi connectivity index (χ3n) is 4.83. The lowest BCUT2D eigenvalue weighted by Gasteiger charge is -2.35. The summed E-state index contributed by atoms with van der Waals surface area (Å²) in [5, 5.41) is 8.95. The summed E-state index contributed by atoms with van der Waals surface area (Å²) in [6, 6.07) is 0. The first-order valence-electron chi connectivity index (χ1n) is 7.60. The number of carbonyl (C=O) groups excluding carboxylic acids is 1. The molecule has 3 heteroatoms. The van der Waals surface area contributed by atoms with E-state index in [-0.39, 0.29) is 5.92 Å². The second-order valence-corrected chi connectivity index (χ2v) is 6.24. The van der Waals surface area contributed by atoms with E-state index in [0.717, 1.165) is 51.1 Å². The number of aliphatic hydroxyl groups is 1. The van der Waals surface area contributed by atoms with Crippen molar-refractivity contribution >= 4 is 5.91 Å². The summed E-state index contributed by atoms with van der Waals surface area (Å²) >= 11 is 0. The highest BCUT2D eigenvalue weighted by molar-refractivity contribution is 5.79. The van der Waals surface area contributed by atoms with E-state index < -0.39 is 0 Å². The summed E-state index contributed by atoms with van der Waals surface area (Å²) in [6.07, 6.45) is 7.59. The maximum atomic E-state index is 12.4. The summed E-state index contributed by atoms with van der Waals surface area (Å²) in [5.41, 5.74) is 0. The van der Waals surface area contributed by atoms with Crippen LogP contribution in [-0.2, 0) is 4.79 Å². The van der Waals surface area contributed by atoms with Gasteiger partial charge in [0.05, 0.1) is 0 Å². The van der Waals surface area contributed by atoms with Crippen LogP contribution in [-0.4, -0.2) is 35.6 Å². The molecule has 0 unspecified atom stereocenters.